The molecule has 0 spiro atoms. The van der Waals surface area contributed by atoms with Crippen LogP contribution in [-0.4, -0.2) is 42.3 Å². The van der Waals surface area contributed by atoms with Crippen LogP contribution in [0.3, 0.4) is 0 Å². The van der Waals surface area contributed by atoms with Gasteiger partial charge in [0.1, 0.15) is 5.69 Å². The average molecular weight is 434 g/mol. The Morgan fingerprint density at radius 3 is 2.69 bits per heavy atom. The molecule has 1 aliphatic heterocycles. The third-order valence-electron chi connectivity index (χ3n) is 5.18. The van der Waals surface area contributed by atoms with Crippen LogP contribution in [-0.2, 0) is 0 Å². The molecule has 6 nitrogen and oxygen atoms in total. The molecular weight excluding hydrogens is 410 g/mol. The van der Waals surface area contributed by atoms with Crippen molar-refractivity contribution in [3.05, 3.63) is 53.1 Å². The first-order valence-corrected chi connectivity index (χ1v) is 11.8. The van der Waals surface area contributed by atoms with Gasteiger partial charge >= 0.3 is 0 Å². The lowest BCUT2D eigenvalue weighted by Crippen LogP contribution is -2.35. The molecule has 1 atom stereocenters. The predicted octanol–water partition coefficient (Wildman–Crippen LogP) is 5.19. The lowest BCUT2D eigenvalue weighted by Gasteiger charge is -2.26. The molecule has 29 heavy (non-hydrogen) atoms. The summed E-state index contributed by atoms with van der Waals surface area (Å²) in [6.07, 6.45) is 0.580. The zero-order valence-corrected chi connectivity index (χ0v) is 17.9. The Morgan fingerprint density at radius 2 is 2.03 bits per heavy atom. The summed E-state index contributed by atoms with van der Waals surface area (Å²) in [6, 6.07) is 13.0. The molecule has 0 aliphatic carbocycles. The summed E-state index contributed by atoms with van der Waals surface area (Å²) in [7, 11) is -2.55. The number of hydrogen-bond donors (Lipinski definition) is 3. The highest BCUT2D eigenvalue weighted by molar-refractivity contribution is 8.24. The predicted molar refractivity (Wildman–Crippen MR) is 119 cm³/mol. The van der Waals surface area contributed by atoms with E-state index in [-0.39, 0.29) is 23.7 Å². The summed E-state index contributed by atoms with van der Waals surface area (Å²) in [4.78, 5) is 12.8. The zero-order valence-electron chi connectivity index (χ0n) is 16.3. The minimum atomic E-state index is -2.55. The van der Waals surface area contributed by atoms with Gasteiger partial charge in [-0.25, -0.2) is 0 Å². The quantitative estimate of drug-likeness (QED) is 0.528. The Morgan fingerprint density at radius 1 is 1.28 bits per heavy atom. The third kappa shape index (κ3) is 4.00. The van der Waals surface area contributed by atoms with Crippen molar-refractivity contribution in [1.82, 2.24) is 15.1 Å². The van der Waals surface area contributed by atoms with Gasteiger partial charge in [-0.3, -0.25) is 18.6 Å². The molecule has 1 aliphatic rings. The summed E-state index contributed by atoms with van der Waals surface area (Å²) >= 11 is 6.40. The van der Waals surface area contributed by atoms with Crippen LogP contribution in [0.5, 0.6) is 0 Å². The van der Waals surface area contributed by atoms with Crippen molar-refractivity contribution in [2.24, 2.45) is 0 Å². The fraction of sp³-hybridized carbons (Fsp3) is 0.333. The number of aromatic nitrogens is 2. The smallest absolute Gasteiger partial charge is 0.251 e. The molecule has 1 unspecified atom stereocenters. The molecule has 8 heteroatoms. The van der Waals surface area contributed by atoms with Gasteiger partial charge in [-0.2, -0.15) is 15.7 Å². The fourth-order valence-corrected chi connectivity index (χ4v) is 5.67. The van der Waals surface area contributed by atoms with Crippen LogP contribution >= 0.6 is 22.2 Å². The van der Waals surface area contributed by atoms with Crippen molar-refractivity contribution >= 4 is 39.0 Å². The normalized spacial score (nSPS) is 19.6. The van der Waals surface area contributed by atoms with Gasteiger partial charge in [-0.15, -0.1) is 0 Å². The average Bonchev–Trinajstić information content (AvgIpc) is 3.21. The Hall–Kier alpha value is -2.06. The second-order valence-corrected chi connectivity index (χ2v) is 10.5. The van der Waals surface area contributed by atoms with Gasteiger partial charge < -0.3 is 5.32 Å². The molecule has 0 bridgehead atoms. The number of nitrogens with one attached hydrogen (secondary N) is 1. The first-order chi connectivity index (χ1) is 13.7. The first-order valence-electron chi connectivity index (χ1n) is 9.57. The Kier molecular flexibility index (Phi) is 5.33. The number of amides is 1. The van der Waals surface area contributed by atoms with E-state index in [0.29, 0.717) is 22.8 Å². The third-order valence-corrected chi connectivity index (χ3v) is 7.34. The minimum absolute atomic E-state index is 0.106. The van der Waals surface area contributed by atoms with Crippen LogP contribution in [0.4, 0.5) is 0 Å². The Labute approximate surface area is 176 Å². The van der Waals surface area contributed by atoms with E-state index < -0.39 is 10.6 Å². The van der Waals surface area contributed by atoms with Crippen molar-refractivity contribution in [1.29, 1.82) is 0 Å². The van der Waals surface area contributed by atoms with Gasteiger partial charge in [0.2, 0.25) is 0 Å². The van der Waals surface area contributed by atoms with E-state index >= 15 is 0 Å². The van der Waals surface area contributed by atoms with Gasteiger partial charge in [-0.05, 0) is 44.5 Å². The van der Waals surface area contributed by atoms with E-state index in [4.69, 9.17) is 16.7 Å². The zero-order chi connectivity index (χ0) is 20.8. The molecule has 154 valence electrons. The highest BCUT2D eigenvalue weighted by Crippen LogP contribution is 2.45. The number of fused-ring (bicyclic) bond motifs is 1. The van der Waals surface area contributed by atoms with Gasteiger partial charge in [-0.1, -0.05) is 29.8 Å². The molecule has 2 aromatic carbocycles. The van der Waals surface area contributed by atoms with E-state index in [9.17, 15) is 13.9 Å². The lowest BCUT2D eigenvalue weighted by molar-refractivity contribution is 0.0941. The van der Waals surface area contributed by atoms with E-state index in [0.717, 1.165) is 22.2 Å². The monoisotopic (exact) mass is 433 g/mol. The second kappa shape index (κ2) is 7.65. The molecule has 0 saturated carbocycles. The molecule has 4 rings (SSSR count). The maximum absolute atomic E-state index is 12.8. The van der Waals surface area contributed by atoms with E-state index in [1.807, 2.05) is 54.9 Å². The van der Waals surface area contributed by atoms with Crippen LogP contribution in [0.2, 0.25) is 5.02 Å². The molecule has 1 aromatic heterocycles. The summed E-state index contributed by atoms with van der Waals surface area (Å²) in [5.74, 6) is 0.352. The highest BCUT2D eigenvalue weighted by atomic mass is 35.5. The van der Waals surface area contributed by atoms with Gasteiger partial charge in [0.25, 0.3) is 5.91 Å². The van der Waals surface area contributed by atoms with Crippen LogP contribution in [0, 0.1) is 0 Å². The number of benzene rings is 2. The van der Waals surface area contributed by atoms with Crippen molar-refractivity contribution in [2.45, 2.75) is 32.4 Å². The Bertz CT molecular complexity index is 1080. The highest BCUT2D eigenvalue weighted by Gasteiger charge is 2.29. The lowest BCUT2D eigenvalue weighted by atomic mass is 10.1. The molecule has 2 heterocycles. The molecule has 3 aromatic rings. The van der Waals surface area contributed by atoms with E-state index in [1.165, 1.54) is 0 Å². The summed E-state index contributed by atoms with van der Waals surface area (Å²) in [5, 5.41) is 9.26. The molecule has 3 N–H and O–H groups in total. The number of carbonyl (C=O) groups is 1. The van der Waals surface area contributed by atoms with Crippen molar-refractivity contribution in [3.63, 3.8) is 0 Å². The molecule has 1 saturated heterocycles. The van der Waals surface area contributed by atoms with Gasteiger partial charge in [0.15, 0.2) is 0 Å². The van der Waals surface area contributed by atoms with Crippen molar-refractivity contribution < 1.29 is 13.9 Å². The maximum atomic E-state index is 12.8. The molecule has 0 radical (unpaired) electrons. The summed E-state index contributed by atoms with van der Waals surface area (Å²) in [5.41, 5.74) is 3.02. The van der Waals surface area contributed by atoms with E-state index in [1.54, 1.807) is 6.07 Å². The molecule has 1 fully saturated rings. The molecular formula is C21H24ClN3O3S. The Balaban J connectivity index is 1.71. The SMILES string of the molecule is CC(C)n1nc(-c2ccccc2Cl)c2ccc(C(=O)NC3CCS(O)(O)C3)cc21. The maximum Gasteiger partial charge on any atom is 0.251 e. The van der Waals surface area contributed by atoms with Gasteiger partial charge in [0.05, 0.1) is 16.3 Å². The van der Waals surface area contributed by atoms with Crippen LogP contribution in [0.1, 0.15) is 36.7 Å². The van der Waals surface area contributed by atoms with Crippen LogP contribution < -0.4 is 5.32 Å². The number of nitrogens with zero attached hydrogens (tertiary/aromatic N) is 2. The first kappa shape index (κ1) is 20.2. The number of halogens is 1. The van der Waals surface area contributed by atoms with Crippen LogP contribution in [0.15, 0.2) is 42.5 Å². The standard InChI is InChI=1S/C21H24ClN3O3S/c1-13(2)25-19-11-14(21(26)23-15-9-10-29(27,28)12-15)7-8-17(19)20(24-25)16-5-3-4-6-18(16)22/h3-8,11,13,15,27-28H,9-10,12H2,1-2H3,(H,23,26). The topological polar surface area (TPSA) is 87.4 Å². The fourth-order valence-electron chi connectivity index (χ4n) is 3.73. The van der Waals surface area contributed by atoms with Crippen molar-refractivity contribution in [3.8, 4) is 11.3 Å². The molecule has 1 amide bonds. The van der Waals surface area contributed by atoms with Crippen molar-refractivity contribution in [2.75, 3.05) is 11.5 Å². The summed E-state index contributed by atoms with van der Waals surface area (Å²) < 4.78 is 21.5. The number of hydrogen-bond acceptors (Lipinski definition) is 4. The number of rotatable bonds is 4. The second-order valence-electron chi connectivity index (χ2n) is 7.73. The van der Waals surface area contributed by atoms with Crippen LogP contribution in [0.25, 0.3) is 22.2 Å². The minimum Gasteiger partial charge on any atom is -0.348 e. The largest absolute Gasteiger partial charge is 0.348 e. The number of carbonyl (C=O) groups excluding carboxylic acids is 1. The van der Waals surface area contributed by atoms with E-state index in [2.05, 4.69) is 5.32 Å². The summed E-state index contributed by atoms with van der Waals surface area (Å²) in [6.45, 7) is 4.08. The van der Waals surface area contributed by atoms with Gasteiger partial charge in [0, 0.05) is 34.3 Å².